The highest BCUT2D eigenvalue weighted by Crippen LogP contribution is 2.27. The number of morpholine rings is 1. The second-order valence-corrected chi connectivity index (χ2v) is 8.71. The molecule has 0 aliphatic carbocycles. The molecule has 0 radical (unpaired) electrons. The number of aromatic carboxylic acids is 1. The normalized spacial score (nSPS) is 15.7. The molecule has 1 fully saturated rings. The van der Waals surface area contributed by atoms with Gasteiger partial charge >= 0.3 is 5.97 Å². The van der Waals surface area contributed by atoms with Crippen LogP contribution in [0.15, 0.2) is 58.3 Å². The largest absolute Gasteiger partial charge is 0.478 e. The highest BCUT2D eigenvalue weighted by atomic mass is 32.2. The van der Waals surface area contributed by atoms with E-state index in [9.17, 15) is 18.3 Å². The summed E-state index contributed by atoms with van der Waals surface area (Å²) in [6.45, 7) is 1.52. The maximum absolute atomic E-state index is 12.7. The van der Waals surface area contributed by atoms with Crippen LogP contribution in [0, 0.1) is 0 Å². The van der Waals surface area contributed by atoms with Gasteiger partial charge < -0.3 is 9.84 Å². The van der Waals surface area contributed by atoms with Crippen LogP contribution in [0.3, 0.4) is 0 Å². The van der Waals surface area contributed by atoms with Gasteiger partial charge in [0.15, 0.2) is 0 Å². The van der Waals surface area contributed by atoms with Crippen molar-refractivity contribution in [2.45, 2.75) is 15.5 Å². The van der Waals surface area contributed by atoms with E-state index in [1.807, 2.05) is 6.07 Å². The van der Waals surface area contributed by atoms with Crippen LogP contribution in [0.25, 0.3) is 0 Å². The number of benzene rings is 2. The molecule has 1 heterocycles. The first-order valence-electron chi connectivity index (χ1n) is 8.10. The molecule has 26 heavy (non-hydrogen) atoms. The van der Waals surface area contributed by atoms with Gasteiger partial charge in [0.1, 0.15) is 0 Å². The second-order valence-electron chi connectivity index (χ2n) is 5.75. The van der Waals surface area contributed by atoms with Crippen LogP contribution in [-0.2, 0) is 20.5 Å². The highest BCUT2D eigenvalue weighted by molar-refractivity contribution is 7.98. The zero-order valence-electron chi connectivity index (χ0n) is 14.0. The molecule has 0 saturated carbocycles. The molecule has 0 aromatic heterocycles. The quantitative estimate of drug-likeness (QED) is 0.760. The van der Waals surface area contributed by atoms with E-state index in [2.05, 4.69) is 0 Å². The Morgan fingerprint density at radius 3 is 2.58 bits per heavy atom. The molecule has 0 spiro atoms. The number of thioether (sulfide) groups is 1. The van der Waals surface area contributed by atoms with Gasteiger partial charge in [0, 0.05) is 23.7 Å². The van der Waals surface area contributed by atoms with E-state index in [1.54, 1.807) is 42.5 Å². The highest BCUT2D eigenvalue weighted by Gasteiger charge is 2.26. The minimum atomic E-state index is -3.54. The van der Waals surface area contributed by atoms with Crippen molar-refractivity contribution in [3.63, 3.8) is 0 Å². The first-order valence-corrected chi connectivity index (χ1v) is 10.5. The Labute approximate surface area is 156 Å². The maximum Gasteiger partial charge on any atom is 0.336 e. The van der Waals surface area contributed by atoms with Gasteiger partial charge in [-0.15, -0.1) is 11.8 Å². The fourth-order valence-corrected chi connectivity index (χ4v) is 5.13. The third-order valence-electron chi connectivity index (χ3n) is 4.02. The Morgan fingerprint density at radius 1 is 1.12 bits per heavy atom. The van der Waals surface area contributed by atoms with E-state index < -0.39 is 16.0 Å². The molecule has 1 aliphatic rings. The number of carboxylic acids is 1. The van der Waals surface area contributed by atoms with E-state index in [4.69, 9.17) is 4.74 Å². The molecule has 0 unspecified atom stereocenters. The van der Waals surface area contributed by atoms with Crippen molar-refractivity contribution in [1.29, 1.82) is 0 Å². The van der Waals surface area contributed by atoms with E-state index in [-0.39, 0.29) is 10.5 Å². The Bertz CT molecular complexity index is 892. The fraction of sp³-hybridized carbons (Fsp3) is 0.278. The van der Waals surface area contributed by atoms with Crippen LogP contribution >= 0.6 is 11.8 Å². The standard InChI is InChI=1S/C18H19NO5S2/c20-18(21)16-6-1-2-7-17(16)25-13-14-4-3-5-15(12-14)26(22,23)19-8-10-24-11-9-19/h1-7,12H,8-11,13H2,(H,20,21). The molecule has 1 saturated heterocycles. The van der Waals surface area contributed by atoms with Gasteiger partial charge in [0.05, 0.1) is 23.7 Å². The van der Waals surface area contributed by atoms with Gasteiger partial charge in [0.25, 0.3) is 0 Å². The van der Waals surface area contributed by atoms with Gasteiger partial charge in [-0.25, -0.2) is 13.2 Å². The second kappa shape index (κ2) is 8.22. The first-order chi connectivity index (χ1) is 12.5. The molecule has 0 atom stereocenters. The fourth-order valence-electron chi connectivity index (χ4n) is 2.66. The molecule has 3 rings (SSSR count). The van der Waals surface area contributed by atoms with Crippen LogP contribution in [0.5, 0.6) is 0 Å². The molecule has 138 valence electrons. The third kappa shape index (κ3) is 4.27. The number of hydrogen-bond donors (Lipinski definition) is 1. The lowest BCUT2D eigenvalue weighted by atomic mass is 10.2. The molecule has 2 aromatic rings. The zero-order chi connectivity index (χ0) is 18.6. The lowest BCUT2D eigenvalue weighted by Crippen LogP contribution is -2.40. The number of carboxylic acid groups (broad SMARTS) is 1. The number of sulfonamides is 1. The van der Waals surface area contributed by atoms with Gasteiger partial charge in [-0.1, -0.05) is 24.3 Å². The topological polar surface area (TPSA) is 83.9 Å². The number of hydrogen-bond acceptors (Lipinski definition) is 5. The average Bonchev–Trinajstić information content (AvgIpc) is 2.67. The van der Waals surface area contributed by atoms with Crippen LogP contribution < -0.4 is 0 Å². The van der Waals surface area contributed by atoms with Crippen molar-refractivity contribution in [1.82, 2.24) is 4.31 Å². The Kier molecular flexibility index (Phi) is 5.98. The minimum Gasteiger partial charge on any atom is -0.478 e. The summed E-state index contributed by atoms with van der Waals surface area (Å²) in [5.74, 6) is -0.492. The predicted octanol–water partition coefficient (Wildman–Crippen LogP) is 2.70. The van der Waals surface area contributed by atoms with Crippen molar-refractivity contribution in [3.05, 3.63) is 59.7 Å². The van der Waals surface area contributed by atoms with E-state index in [0.717, 1.165) is 5.56 Å². The lowest BCUT2D eigenvalue weighted by molar-refractivity contribution is 0.0693. The Balaban J connectivity index is 1.77. The molecule has 0 bridgehead atoms. The van der Waals surface area contributed by atoms with Crippen molar-refractivity contribution in [2.75, 3.05) is 26.3 Å². The molecule has 1 N–H and O–H groups in total. The molecule has 8 heteroatoms. The Hall–Kier alpha value is -1.87. The minimum absolute atomic E-state index is 0.245. The van der Waals surface area contributed by atoms with Crippen LogP contribution in [0.1, 0.15) is 15.9 Å². The monoisotopic (exact) mass is 393 g/mol. The number of nitrogens with zero attached hydrogens (tertiary/aromatic N) is 1. The lowest BCUT2D eigenvalue weighted by Gasteiger charge is -2.26. The van der Waals surface area contributed by atoms with Crippen molar-refractivity contribution in [2.24, 2.45) is 0 Å². The number of rotatable bonds is 6. The van der Waals surface area contributed by atoms with E-state index in [1.165, 1.54) is 16.1 Å². The van der Waals surface area contributed by atoms with Crippen LogP contribution in [0.2, 0.25) is 0 Å². The summed E-state index contributed by atoms with van der Waals surface area (Å²) in [6.07, 6.45) is 0. The summed E-state index contributed by atoms with van der Waals surface area (Å²) in [5, 5.41) is 9.25. The molecular formula is C18H19NO5S2. The number of carbonyl (C=O) groups is 1. The zero-order valence-corrected chi connectivity index (χ0v) is 15.6. The number of ether oxygens (including phenoxy) is 1. The predicted molar refractivity (Wildman–Crippen MR) is 99.0 cm³/mol. The first kappa shape index (κ1) is 18.9. The van der Waals surface area contributed by atoms with Crippen LogP contribution in [0.4, 0.5) is 0 Å². The van der Waals surface area contributed by atoms with Crippen molar-refractivity contribution >= 4 is 27.8 Å². The molecule has 1 aliphatic heterocycles. The summed E-state index contributed by atoms with van der Waals surface area (Å²) in [5.41, 5.74) is 1.07. The van der Waals surface area contributed by atoms with Gasteiger partial charge in [-0.2, -0.15) is 4.31 Å². The molecule has 6 nitrogen and oxygen atoms in total. The van der Waals surface area contributed by atoms with E-state index >= 15 is 0 Å². The smallest absolute Gasteiger partial charge is 0.336 e. The van der Waals surface area contributed by atoms with E-state index in [0.29, 0.717) is 37.0 Å². The summed E-state index contributed by atoms with van der Waals surface area (Å²) in [6, 6.07) is 13.6. The van der Waals surface area contributed by atoms with Crippen molar-refractivity contribution < 1.29 is 23.1 Å². The third-order valence-corrected chi connectivity index (χ3v) is 7.06. The summed E-state index contributed by atoms with van der Waals surface area (Å²) in [7, 11) is -3.54. The Morgan fingerprint density at radius 2 is 1.85 bits per heavy atom. The molecular weight excluding hydrogens is 374 g/mol. The average molecular weight is 393 g/mol. The van der Waals surface area contributed by atoms with Gasteiger partial charge in [-0.05, 0) is 29.8 Å². The van der Waals surface area contributed by atoms with Crippen molar-refractivity contribution in [3.8, 4) is 0 Å². The molecule has 2 aromatic carbocycles. The summed E-state index contributed by atoms with van der Waals surface area (Å²) in [4.78, 5) is 12.2. The van der Waals surface area contributed by atoms with Gasteiger partial charge in [0.2, 0.25) is 10.0 Å². The summed E-state index contributed by atoms with van der Waals surface area (Å²) >= 11 is 1.37. The SMILES string of the molecule is O=C(O)c1ccccc1SCc1cccc(S(=O)(=O)N2CCOCC2)c1. The maximum atomic E-state index is 12.7. The summed E-state index contributed by atoms with van der Waals surface area (Å²) < 4.78 is 32.1. The van der Waals surface area contributed by atoms with Crippen LogP contribution in [-0.4, -0.2) is 50.1 Å². The molecule has 0 amide bonds. The van der Waals surface area contributed by atoms with Gasteiger partial charge in [-0.3, -0.25) is 0 Å².